The van der Waals surface area contributed by atoms with E-state index in [9.17, 15) is 4.79 Å². The molecule has 4 rings (SSSR count). The molecule has 28 heavy (non-hydrogen) atoms. The summed E-state index contributed by atoms with van der Waals surface area (Å²) in [5.74, 6) is 1.64. The molecule has 0 bridgehead atoms. The minimum absolute atomic E-state index is 0.174. The van der Waals surface area contributed by atoms with Gasteiger partial charge in [-0.2, -0.15) is 5.10 Å². The van der Waals surface area contributed by atoms with Crippen LogP contribution in [0.15, 0.2) is 59.5 Å². The zero-order valence-electron chi connectivity index (χ0n) is 14.9. The number of aromatic amines is 1. The van der Waals surface area contributed by atoms with Gasteiger partial charge >= 0.3 is 0 Å². The highest BCUT2D eigenvalue weighted by atomic mass is 16.5. The zero-order chi connectivity index (χ0) is 19.3. The largest absolute Gasteiger partial charge is 0.496 e. The molecule has 0 aliphatic heterocycles. The molecule has 4 aromatic rings. The number of hydrogen-bond donors (Lipinski definition) is 2. The third-order valence-electron chi connectivity index (χ3n) is 4.05. The number of hydrogen-bond acceptors (Lipinski definition) is 7. The van der Waals surface area contributed by atoms with Crippen molar-refractivity contribution in [1.82, 2.24) is 30.6 Å². The maximum Gasteiger partial charge on any atom is 0.257 e. The molecule has 9 heteroatoms. The first kappa shape index (κ1) is 17.4. The monoisotopic (exact) mass is 376 g/mol. The maximum atomic E-state index is 12.6. The summed E-state index contributed by atoms with van der Waals surface area (Å²) in [5.41, 5.74) is 1.78. The molecule has 0 aliphatic rings. The molecule has 1 amide bonds. The van der Waals surface area contributed by atoms with Crippen molar-refractivity contribution < 1.29 is 14.1 Å². The van der Waals surface area contributed by atoms with Gasteiger partial charge in [0.05, 0.1) is 25.4 Å². The summed E-state index contributed by atoms with van der Waals surface area (Å²) in [6, 6.07) is 10.9. The lowest BCUT2D eigenvalue weighted by atomic mass is 10.1. The third-order valence-corrected chi connectivity index (χ3v) is 4.05. The lowest BCUT2D eigenvalue weighted by Gasteiger charge is -2.07. The lowest BCUT2D eigenvalue weighted by Crippen LogP contribution is -2.23. The second-order valence-corrected chi connectivity index (χ2v) is 5.79. The molecule has 1 aromatic carbocycles. The standard InChI is InChI=1S/C19H16N6O3/c1-27-15-5-3-2-4-13(15)17-14(10-22-28-17)19(26)21-11-16-23-18(25-24-16)12-6-8-20-9-7-12/h2-10H,11H2,1H3,(H,21,26)(H,23,24,25). The smallest absolute Gasteiger partial charge is 0.257 e. The van der Waals surface area contributed by atoms with E-state index in [-0.39, 0.29) is 12.5 Å². The first-order valence-corrected chi connectivity index (χ1v) is 8.44. The van der Waals surface area contributed by atoms with Gasteiger partial charge in [-0.1, -0.05) is 17.3 Å². The van der Waals surface area contributed by atoms with E-state index in [4.69, 9.17) is 9.26 Å². The quantitative estimate of drug-likeness (QED) is 0.530. The number of carbonyl (C=O) groups is 1. The van der Waals surface area contributed by atoms with Gasteiger partial charge in [-0.05, 0) is 24.3 Å². The van der Waals surface area contributed by atoms with E-state index < -0.39 is 0 Å². The Morgan fingerprint density at radius 1 is 1.21 bits per heavy atom. The molecule has 3 aromatic heterocycles. The summed E-state index contributed by atoms with van der Waals surface area (Å²) in [6.45, 7) is 0.174. The normalized spacial score (nSPS) is 10.6. The molecule has 3 heterocycles. The van der Waals surface area contributed by atoms with E-state index in [1.807, 2.05) is 24.3 Å². The molecule has 140 valence electrons. The molecule has 0 spiro atoms. The van der Waals surface area contributed by atoms with E-state index in [0.717, 1.165) is 5.56 Å². The van der Waals surface area contributed by atoms with Crippen LogP contribution in [0.5, 0.6) is 5.75 Å². The predicted molar refractivity (Wildman–Crippen MR) is 99.3 cm³/mol. The zero-order valence-corrected chi connectivity index (χ0v) is 14.9. The fourth-order valence-corrected chi connectivity index (χ4v) is 2.69. The van der Waals surface area contributed by atoms with Crippen LogP contribution in [-0.4, -0.2) is 38.3 Å². The summed E-state index contributed by atoms with van der Waals surface area (Å²) >= 11 is 0. The Balaban J connectivity index is 1.49. The van der Waals surface area contributed by atoms with Crippen molar-refractivity contribution in [2.75, 3.05) is 7.11 Å². The van der Waals surface area contributed by atoms with Crippen LogP contribution in [0.4, 0.5) is 0 Å². The summed E-state index contributed by atoms with van der Waals surface area (Å²) in [4.78, 5) is 21.0. The van der Waals surface area contributed by atoms with E-state index in [0.29, 0.717) is 34.3 Å². The molecule has 0 saturated carbocycles. The summed E-state index contributed by atoms with van der Waals surface area (Å²) in [7, 11) is 1.55. The second-order valence-electron chi connectivity index (χ2n) is 5.79. The van der Waals surface area contributed by atoms with E-state index in [2.05, 4.69) is 30.6 Å². The molecule has 0 atom stereocenters. The van der Waals surface area contributed by atoms with Crippen molar-refractivity contribution in [1.29, 1.82) is 0 Å². The van der Waals surface area contributed by atoms with Crippen molar-refractivity contribution in [3.05, 3.63) is 66.4 Å². The number of nitrogens with zero attached hydrogens (tertiary/aromatic N) is 4. The molecule has 0 unspecified atom stereocenters. The maximum absolute atomic E-state index is 12.6. The van der Waals surface area contributed by atoms with Crippen molar-refractivity contribution >= 4 is 5.91 Å². The highest BCUT2D eigenvalue weighted by Crippen LogP contribution is 2.31. The first-order chi connectivity index (χ1) is 13.8. The molecular weight excluding hydrogens is 360 g/mol. The number of para-hydroxylation sites is 1. The van der Waals surface area contributed by atoms with Crippen LogP contribution in [0.2, 0.25) is 0 Å². The van der Waals surface area contributed by atoms with Crippen molar-refractivity contribution in [3.8, 4) is 28.5 Å². The lowest BCUT2D eigenvalue weighted by molar-refractivity contribution is 0.0950. The van der Waals surface area contributed by atoms with Crippen molar-refractivity contribution in [2.45, 2.75) is 6.54 Å². The van der Waals surface area contributed by atoms with Gasteiger partial charge < -0.3 is 14.6 Å². The summed E-state index contributed by atoms with van der Waals surface area (Å²) in [5, 5.41) is 13.5. The van der Waals surface area contributed by atoms with Gasteiger partial charge in [0.2, 0.25) is 0 Å². The number of H-pyrrole nitrogens is 1. The number of methoxy groups -OCH3 is 1. The Hall–Kier alpha value is -4.01. The van der Waals surface area contributed by atoms with Crippen LogP contribution in [0.1, 0.15) is 16.2 Å². The molecule has 0 fully saturated rings. The summed E-state index contributed by atoms with van der Waals surface area (Å²) < 4.78 is 10.6. The minimum atomic E-state index is -0.344. The van der Waals surface area contributed by atoms with E-state index in [1.54, 1.807) is 31.6 Å². The minimum Gasteiger partial charge on any atom is -0.496 e. The Morgan fingerprint density at radius 3 is 2.86 bits per heavy atom. The van der Waals surface area contributed by atoms with Crippen LogP contribution in [0, 0.1) is 0 Å². The molecule has 0 saturated heterocycles. The van der Waals surface area contributed by atoms with Crippen LogP contribution in [-0.2, 0) is 6.54 Å². The van der Waals surface area contributed by atoms with E-state index in [1.165, 1.54) is 6.20 Å². The topological polar surface area (TPSA) is 119 Å². The van der Waals surface area contributed by atoms with Crippen LogP contribution >= 0.6 is 0 Å². The number of nitrogens with one attached hydrogen (secondary N) is 2. The van der Waals surface area contributed by atoms with Crippen molar-refractivity contribution in [3.63, 3.8) is 0 Å². The number of amides is 1. The van der Waals surface area contributed by atoms with Gasteiger partial charge in [0.1, 0.15) is 17.1 Å². The van der Waals surface area contributed by atoms with Crippen LogP contribution < -0.4 is 10.1 Å². The number of carbonyl (C=O) groups excluding carboxylic acids is 1. The Labute approximate surface area is 159 Å². The molecule has 0 radical (unpaired) electrons. The highest BCUT2D eigenvalue weighted by molar-refractivity contribution is 5.99. The molecule has 2 N–H and O–H groups in total. The summed E-state index contributed by atoms with van der Waals surface area (Å²) in [6.07, 6.45) is 4.71. The first-order valence-electron chi connectivity index (χ1n) is 8.44. The van der Waals surface area contributed by atoms with Gasteiger partial charge in [0.25, 0.3) is 5.91 Å². The fourth-order valence-electron chi connectivity index (χ4n) is 2.69. The number of rotatable bonds is 6. The Bertz CT molecular complexity index is 1090. The van der Waals surface area contributed by atoms with Crippen LogP contribution in [0.3, 0.4) is 0 Å². The number of ether oxygens (including phenoxy) is 1. The number of benzene rings is 1. The Kier molecular flexibility index (Phi) is 4.79. The van der Waals surface area contributed by atoms with E-state index >= 15 is 0 Å². The van der Waals surface area contributed by atoms with Gasteiger partial charge in [-0.25, -0.2) is 4.98 Å². The number of aromatic nitrogens is 5. The van der Waals surface area contributed by atoms with Gasteiger partial charge in [0, 0.05) is 18.0 Å². The fraction of sp³-hybridized carbons (Fsp3) is 0.105. The van der Waals surface area contributed by atoms with Crippen molar-refractivity contribution in [2.24, 2.45) is 0 Å². The predicted octanol–water partition coefficient (Wildman–Crippen LogP) is 2.46. The SMILES string of the molecule is COc1ccccc1-c1oncc1C(=O)NCc1nc(-c2ccncc2)n[nH]1. The molecule has 0 aliphatic carbocycles. The van der Waals surface area contributed by atoms with Gasteiger partial charge in [-0.15, -0.1) is 0 Å². The second kappa shape index (κ2) is 7.70. The Morgan fingerprint density at radius 2 is 2.04 bits per heavy atom. The number of pyridine rings is 1. The van der Waals surface area contributed by atoms with Gasteiger partial charge in [0.15, 0.2) is 11.6 Å². The van der Waals surface area contributed by atoms with Gasteiger partial charge in [-0.3, -0.25) is 14.9 Å². The average molecular weight is 376 g/mol. The average Bonchev–Trinajstić information content (AvgIpc) is 3.42. The van der Waals surface area contributed by atoms with Crippen LogP contribution in [0.25, 0.3) is 22.7 Å². The molecular formula is C19H16N6O3. The highest BCUT2D eigenvalue weighted by Gasteiger charge is 2.20. The molecule has 9 nitrogen and oxygen atoms in total. The third kappa shape index (κ3) is 3.45.